The lowest BCUT2D eigenvalue weighted by Crippen LogP contribution is -2.31. The Kier molecular flexibility index (Phi) is 6.37. The molecule has 0 aromatic heterocycles. The van der Waals surface area contributed by atoms with E-state index in [1.807, 2.05) is 41.1 Å². The van der Waals surface area contributed by atoms with E-state index >= 15 is 0 Å². The number of benzene rings is 1. The molecular formula is C19H27N3O2S. The lowest BCUT2D eigenvalue weighted by Gasteiger charge is -2.19. The van der Waals surface area contributed by atoms with Crippen molar-refractivity contribution in [1.82, 2.24) is 15.1 Å². The van der Waals surface area contributed by atoms with Gasteiger partial charge in [0.2, 0.25) is 5.91 Å². The molecular weight excluding hydrogens is 334 g/mol. The van der Waals surface area contributed by atoms with Gasteiger partial charge in [-0.15, -0.1) is 11.8 Å². The molecule has 25 heavy (non-hydrogen) atoms. The Hall–Kier alpha value is -1.53. The first kappa shape index (κ1) is 18.3. The first-order valence-corrected chi connectivity index (χ1v) is 10.1. The normalized spacial score (nSPS) is 20.3. The van der Waals surface area contributed by atoms with Gasteiger partial charge in [0.05, 0.1) is 11.3 Å². The Labute approximate surface area is 154 Å². The summed E-state index contributed by atoms with van der Waals surface area (Å²) in [5.41, 5.74) is 0.729. The summed E-state index contributed by atoms with van der Waals surface area (Å²) in [6, 6.07) is 7.68. The van der Waals surface area contributed by atoms with E-state index < -0.39 is 0 Å². The number of thioether (sulfide) groups is 1. The molecule has 1 aromatic rings. The van der Waals surface area contributed by atoms with Gasteiger partial charge in [0.25, 0.3) is 5.91 Å². The van der Waals surface area contributed by atoms with Crippen LogP contribution < -0.4 is 5.32 Å². The van der Waals surface area contributed by atoms with Gasteiger partial charge in [-0.3, -0.25) is 9.59 Å². The van der Waals surface area contributed by atoms with E-state index in [0.717, 1.165) is 62.4 Å². The molecule has 3 rings (SSSR count). The first-order chi connectivity index (χ1) is 12.2. The molecule has 2 amide bonds. The number of carbonyl (C=O) groups excluding carboxylic acids is 2. The summed E-state index contributed by atoms with van der Waals surface area (Å²) < 4.78 is 0. The van der Waals surface area contributed by atoms with Gasteiger partial charge in [0, 0.05) is 31.1 Å². The third-order valence-corrected chi connectivity index (χ3v) is 6.05. The van der Waals surface area contributed by atoms with Crippen molar-refractivity contribution in [3.05, 3.63) is 29.8 Å². The minimum atomic E-state index is 0.0929. The van der Waals surface area contributed by atoms with E-state index in [1.165, 1.54) is 11.8 Å². The molecule has 1 atom stereocenters. The van der Waals surface area contributed by atoms with Gasteiger partial charge in [-0.2, -0.15) is 0 Å². The fourth-order valence-corrected chi connectivity index (χ4v) is 4.56. The molecule has 1 aromatic carbocycles. The molecule has 136 valence electrons. The number of nitrogens with zero attached hydrogens (tertiary/aromatic N) is 2. The minimum absolute atomic E-state index is 0.0929. The molecule has 1 unspecified atom stereocenters. The van der Waals surface area contributed by atoms with Gasteiger partial charge in [0.1, 0.15) is 0 Å². The minimum Gasteiger partial charge on any atom is -0.342 e. The fraction of sp³-hybridized carbons (Fsp3) is 0.579. The van der Waals surface area contributed by atoms with Gasteiger partial charge < -0.3 is 15.1 Å². The molecule has 0 bridgehead atoms. The van der Waals surface area contributed by atoms with Crippen molar-refractivity contribution in [3.8, 4) is 0 Å². The predicted octanol–water partition coefficient (Wildman–Crippen LogP) is 2.08. The summed E-state index contributed by atoms with van der Waals surface area (Å²) in [6.45, 7) is 4.33. The quantitative estimate of drug-likeness (QED) is 0.789. The second kappa shape index (κ2) is 8.72. The van der Waals surface area contributed by atoms with Gasteiger partial charge >= 0.3 is 0 Å². The van der Waals surface area contributed by atoms with Gasteiger partial charge in [-0.25, -0.2) is 0 Å². The highest BCUT2D eigenvalue weighted by Gasteiger charge is 2.28. The highest BCUT2D eigenvalue weighted by molar-refractivity contribution is 8.00. The molecule has 2 heterocycles. The number of rotatable bonds is 6. The molecule has 2 fully saturated rings. The van der Waals surface area contributed by atoms with Crippen LogP contribution in [0.4, 0.5) is 0 Å². The third-order valence-electron chi connectivity index (χ3n) is 4.99. The monoisotopic (exact) mass is 361 g/mol. The molecule has 2 aliphatic rings. The molecule has 0 aliphatic carbocycles. The van der Waals surface area contributed by atoms with Crippen LogP contribution in [0, 0.1) is 5.92 Å². The Bertz CT molecular complexity index is 616. The zero-order valence-corrected chi connectivity index (χ0v) is 15.7. The number of likely N-dealkylation sites (tertiary alicyclic amines) is 2. The summed E-state index contributed by atoms with van der Waals surface area (Å²) in [4.78, 5) is 30.0. The SMILES string of the molecule is CNCC1CCN(C(=O)c2ccccc2SCC(=O)N2CCCC2)C1. The van der Waals surface area contributed by atoms with Crippen LogP contribution in [0.25, 0.3) is 0 Å². The standard InChI is InChI=1S/C19H27N3O2S/c1-20-12-15-8-11-22(13-15)19(24)16-6-2-3-7-17(16)25-14-18(23)21-9-4-5-10-21/h2-3,6-7,15,20H,4-5,8-14H2,1H3. The van der Waals surface area contributed by atoms with E-state index in [9.17, 15) is 9.59 Å². The van der Waals surface area contributed by atoms with Crippen molar-refractivity contribution in [2.45, 2.75) is 24.2 Å². The Morgan fingerprint density at radius 2 is 1.92 bits per heavy atom. The van der Waals surface area contributed by atoms with Crippen LogP contribution in [0.5, 0.6) is 0 Å². The topological polar surface area (TPSA) is 52.7 Å². The molecule has 0 radical (unpaired) electrons. The van der Waals surface area contributed by atoms with Gasteiger partial charge in [-0.05, 0) is 50.9 Å². The van der Waals surface area contributed by atoms with Crippen molar-refractivity contribution in [2.75, 3.05) is 45.5 Å². The fourth-order valence-electron chi connectivity index (χ4n) is 3.61. The second-order valence-corrected chi connectivity index (χ2v) is 7.85. The maximum absolute atomic E-state index is 12.9. The molecule has 1 N–H and O–H groups in total. The molecule has 2 aliphatic heterocycles. The van der Waals surface area contributed by atoms with Crippen LogP contribution in [-0.4, -0.2) is 67.1 Å². The van der Waals surface area contributed by atoms with Crippen molar-refractivity contribution < 1.29 is 9.59 Å². The molecule has 0 spiro atoms. The van der Waals surface area contributed by atoms with Gasteiger partial charge in [0.15, 0.2) is 0 Å². The van der Waals surface area contributed by atoms with E-state index in [-0.39, 0.29) is 11.8 Å². The molecule has 6 heteroatoms. The van der Waals surface area contributed by atoms with Crippen LogP contribution in [0.2, 0.25) is 0 Å². The lowest BCUT2D eigenvalue weighted by molar-refractivity contribution is -0.127. The lowest BCUT2D eigenvalue weighted by atomic mass is 10.1. The Morgan fingerprint density at radius 1 is 1.16 bits per heavy atom. The summed E-state index contributed by atoms with van der Waals surface area (Å²) in [7, 11) is 1.95. The number of hydrogen-bond donors (Lipinski definition) is 1. The summed E-state index contributed by atoms with van der Waals surface area (Å²) in [5, 5.41) is 3.20. The second-order valence-electron chi connectivity index (χ2n) is 6.84. The summed E-state index contributed by atoms with van der Waals surface area (Å²) in [5.74, 6) is 1.22. The van der Waals surface area contributed by atoms with Crippen LogP contribution in [-0.2, 0) is 4.79 Å². The maximum atomic E-state index is 12.9. The Morgan fingerprint density at radius 3 is 2.68 bits per heavy atom. The van der Waals surface area contributed by atoms with E-state index in [2.05, 4.69) is 5.32 Å². The zero-order chi connectivity index (χ0) is 17.6. The van der Waals surface area contributed by atoms with Crippen molar-refractivity contribution >= 4 is 23.6 Å². The Balaban J connectivity index is 1.62. The van der Waals surface area contributed by atoms with E-state index in [4.69, 9.17) is 0 Å². The molecule has 2 saturated heterocycles. The zero-order valence-electron chi connectivity index (χ0n) is 14.9. The molecule has 5 nitrogen and oxygen atoms in total. The first-order valence-electron chi connectivity index (χ1n) is 9.12. The summed E-state index contributed by atoms with van der Waals surface area (Å²) >= 11 is 1.49. The largest absolute Gasteiger partial charge is 0.342 e. The van der Waals surface area contributed by atoms with Crippen molar-refractivity contribution in [2.24, 2.45) is 5.92 Å². The van der Waals surface area contributed by atoms with Crippen LogP contribution in [0.1, 0.15) is 29.6 Å². The van der Waals surface area contributed by atoms with Crippen molar-refractivity contribution in [1.29, 1.82) is 0 Å². The number of nitrogens with one attached hydrogen (secondary N) is 1. The van der Waals surface area contributed by atoms with Crippen LogP contribution in [0.3, 0.4) is 0 Å². The number of amides is 2. The summed E-state index contributed by atoms with van der Waals surface area (Å²) in [6.07, 6.45) is 3.26. The average molecular weight is 362 g/mol. The predicted molar refractivity (Wildman–Crippen MR) is 101 cm³/mol. The highest BCUT2D eigenvalue weighted by Crippen LogP contribution is 2.27. The average Bonchev–Trinajstić information content (AvgIpc) is 3.31. The van der Waals surface area contributed by atoms with E-state index in [1.54, 1.807) is 0 Å². The number of carbonyl (C=O) groups is 2. The molecule has 0 saturated carbocycles. The number of hydrogen-bond acceptors (Lipinski definition) is 4. The highest BCUT2D eigenvalue weighted by atomic mass is 32.2. The smallest absolute Gasteiger partial charge is 0.254 e. The third kappa shape index (κ3) is 4.55. The van der Waals surface area contributed by atoms with Gasteiger partial charge in [-0.1, -0.05) is 12.1 Å². The van der Waals surface area contributed by atoms with Crippen LogP contribution in [0.15, 0.2) is 29.2 Å². The van der Waals surface area contributed by atoms with Crippen LogP contribution >= 0.6 is 11.8 Å². The van der Waals surface area contributed by atoms with Crippen molar-refractivity contribution in [3.63, 3.8) is 0 Å². The van der Waals surface area contributed by atoms with E-state index in [0.29, 0.717) is 11.7 Å². The maximum Gasteiger partial charge on any atom is 0.254 e.